The van der Waals surface area contributed by atoms with Gasteiger partial charge in [-0.05, 0) is 39.2 Å². The van der Waals surface area contributed by atoms with Crippen molar-refractivity contribution in [2.45, 2.75) is 77.5 Å². The third kappa shape index (κ3) is 6.13. The summed E-state index contributed by atoms with van der Waals surface area (Å²) in [7, 11) is -1.60. The minimum absolute atomic E-state index is 0.00509. The Balaban J connectivity index is 2.00. The summed E-state index contributed by atoms with van der Waals surface area (Å²) in [6.45, 7) is 12.6. The van der Waals surface area contributed by atoms with Crippen molar-refractivity contribution >= 4 is 24.7 Å². The average Bonchev–Trinajstić information content (AvgIpc) is 2.92. The molecule has 0 aromatic heterocycles. The lowest BCUT2D eigenvalue weighted by Crippen LogP contribution is -2.67. The second kappa shape index (κ2) is 12.9. The van der Waals surface area contributed by atoms with Gasteiger partial charge in [-0.1, -0.05) is 107 Å². The van der Waals surface area contributed by atoms with Crippen LogP contribution in [0.5, 0.6) is 0 Å². The SMILES string of the molecule is CCC1OC(O[C@@H](CO[Si](c2ccccc2)(c2ccccc2)C(C)(C)C)C(=O)OC)C(N=[N+]=[N-])[C@@H](C)[C@@H]1C. The van der Waals surface area contributed by atoms with Crippen molar-refractivity contribution in [1.29, 1.82) is 0 Å². The predicted molar refractivity (Wildman–Crippen MR) is 151 cm³/mol. The molecule has 0 aliphatic carbocycles. The Labute approximate surface area is 227 Å². The van der Waals surface area contributed by atoms with E-state index in [1.165, 1.54) is 7.11 Å². The van der Waals surface area contributed by atoms with Crippen LogP contribution in [-0.2, 0) is 23.4 Å². The Hall–Kier alpha value is -2.68. The average molecular weight is 540 g/mol. The van der Waals surface area contributed by atoms with Crippen LogP contribution in [0.3, 0.4) is 0 Å². The summed E-state index contributed by atoms with van der Waals surface area (Å²) in [5.74, 6) is -0.392. The summed E-state index contributed by atoms with van der Waals surface area (Å²) in [6.07, 6.45) is -1.28. The summed E-state index contributed by atoms with van der Waals surface area (Å²) < 4.78 is 24.6. The smallest absolute Gasteiger partial charge is 0.337 e. The highest BCUT2D eigenvalue weighted by Crippen LogP contribution is 2.38. The molecule has 1 aliphatic rings. The van der Waals surface area contributed by atoms with Crippen LogP contribution in [-0.4, -0.2) is 52.5 Å². The van der Waals surface area contributed by atoms with E-state index in [2.05, 4.69) is 62.0 Å². The van der Waals surface area contributed by atoms with Crippen molar-refractivity contribution < 1.29 is 23.4 Å². The van der Waals surface area contributed by atoms with E-state index < -0.39 is 32.7 Å². The van der Waals surface area contributed by atoms with Gasteiger partial charge in [-0.2, -0.15) is 0 Å². The standard InChI is InChI=1S/C29H41N3O5Si/c1-8-24-20(2)21(3)26(31-32-30)28(36-24)37-25(27(33)34-7)19-35-38(29(4,5)6,22-15-11-9-12-16-22)23-17-13-10-14-18-23/h9-18,20-21,24-26,28H,8,19H2,1-7H3/t20-,21-,24?,25-,26?,28?/m0/s1. The van der Waals surface area contributed by atoms with Gasteiger partial charge in [-0.3, -0.25) is 0 Å². The van der Waals surface area contributed by atoms with E-state index in [9.17, 15) is 10.3 Å². The number of ether oxygens (including phenoxy) is 3. The van der Waals surface area contributed by atoms with Crippen molar-refractivity contribution in [2.75, 3.05) is 13.7 Å². The zero-order valence-electron chi connectivity index (χ0n) is 23.5. The fourth-order valence-corrected chi connectivity index (χ4v) is 10.0. The first-order chi connectivity index (χ1) is 18.1. The molecular formula is C29H41N3O5Si. The topological polar surface area (TPSA) is 103 Å². The van der Waals surface area contributed by atoms with Crippen LogP contribution in [0.2, 0.25) is 5.04 Å². The monoisotopic (exact) mass is 539 g/mol. The number of hydrogen-bond acceptors (Lipinski definition) is 6. The highest BCUT2D eigenvalue weighted by molar-refractivity contribution is 6.99. The van der Waals surface area contributed by atoms with Gasteiger partial charge in [0.1, 0.15) is 0 Å². The van der Waals surface area contributed by atoms with Crippen molar-refractivity contribution in [3.63, 3.8) is 0 Å². The third-order valence-electron chi connectivity index (χ3n) is 7.76. The maximum absolute atomic E-state index is 13.0. The number of hydrogen-bond donors (Lipinski definition) is 0. The molecule has 1 saturated heterocycles. The number of esters is 1. The summed E-state index contributed by atoms with van der Waals surface area (Å²) in [6, 6.07) is 19.8. The van der Waals surface area contributed by atoms with Crippen LogP contribution in [0.1, 0.15) is 48.0 Å². The van der Waals surface area contributed by atoms with Crippen LogP contribution in [0.15, 0.2) is 65.8 Å². The molecule has 2 aromatic rings. The fraction of sp³-hybridized carbons (Fsp3) is 0.552. The number of azide groups is 1. The molecular weight excluding hydrogens is 498 g/mol. The van der Waals surface area contributed by atoms with Gasteiger partial charge in [-0.15, -0.1) is 0 Å². The fourth-order valence-electron chi connectivity index (χ4n) is 5.49. The van der Waals surface area contributed by atoms with Crippen molar-refractivity contribution in [3.8, 4) is 0 Å². The predicted octanol–water partition coefficient (Wildman–Crippen LogP) is 5.21. The second-order valence-electron chi connectivity index (χ2n) is 11.0. The summed E-state index contributed by atoms with van der Waals surface area (Å²) in [5.41, 5.74) is 9.24. The number of benzene rings is 2. The maximum atomic E-state index is 13.0. The van der Waals surface area contributed by atoms with Crippen LogP contribution in [0.4, 0.5) is 0 Å². The molecule has 38 heavy (non-hydrogen) atoms. The molecule has 0 spiro atoms. The molecule has 1 aliphatic heterocycles. The van der Waals surface area contributed by atoms with E-state index in [0.29, 0.717) is 0 Å². The zero-order valence-corrected chi connectivity index (χ0v) is 24.5. The van der Waals surface area contributed by atoms with E-state index in [0.717, 1.165) is 16.8 Å². The first kappa shape index (κ1) is 29.9. The van der Waals surface area contributed by atoms with Crippen LogP contribution >= 0.6 is 0 Å². The lowest BCUT2D eigenvalue weighted by molar-refractivity contribution is -0.252. The largest absolute Gasteiger partial charge is 0.467 e. The molecule has 206 valence electrons. The molecule has 1 heterocycles. The Morgan fingerprint density at radius 2 is 1.61 bits per heavy atom. The van der Waals surface area contributed by atoms with Gasteiger partial charge < -0.3 is 18.6 Å². The van der Waals surface area contributed by atoms with E-state index in [-0.39, 0.29) is 29.6 Å². The molecule has 3 rings (SSSR count). The Morgan fingerprint density at radius 1 is 1.05 bits per heavy atom. The molecule has 0 N–H and O–H groups in total. The van der Waals surface area contributed by atoms with Gasteiger partial charge in [0.2, 0.25) is 0 Å². The molecule has 3 unspecified atom stereocenters. The molecule has 8 nitrogen and oxygen atoms in total. The first-order valence-corrected chi connectivity index (χ1v) is 15.2. The van der Waals surface area contributed by atoms with Crippen LogP contribution in [0.25, 0.3) is 10.4 Å². The Morgan fingerprint density at radius 3 is 2.05 bits per heavy atom. The lowest BCUT2D eigenvalue weighted by atomic mass is 9.81. The maximum Gasteiger partial charge on any atom is 0.337 e. The molecule has 9 heteroatoms. The highest BCUT2D eigenvalue weighted by atomic mass is 28.4. The number of rotatable bonds is 10. The van der Waals surface area contributed by atoms with Crippen LogP contribution < -0.4 is 10.4 Å². The Kier molecular flexibility index (Phi) is 10.1. The summed E-state index contributed by atoms with van der Waals surface area (Å²) in [4.78, 5) is 16.1. The molecule has 2 aromatic carbocycles. The number of nitrogens with zero attached hydrogens (tertiary/aromatic N) is 3. The van der Waals surface area contributed by atoms with Crippen molar-refractivity contribution in [1.82, 2.24) is 0 Å². The van der Waals surface area contributed by atoms with Crippen molar-refractivity contribution in [2.24, 2.45) is 17.0 Å². The summed E-state index contributed by atoms with van der Waals surface area (Å²) in [5, 5.41) is 5.91. The number of carbonyl (C=O) groups is 1. The molecule has 0 bridgehead atoms. The minimum Gasteiger partial charge on any atom is -0.467 e. The van der Waals surface area contributed by atoms with Gasteiger partial charge in [0, 0.05) is 4.91 Å². The van der Waals surface area contributed by atoms with Crippen molar-refractivity contribution in [3.05, 3.63) is 71.1 Å². The van der Waals surface area contributed by atoms with E-state index in [4.69, 9.17) is 18.6 Å². The third-order valence-corrected chi connectivity index (χ3v) is 12.8. The van der Waals surface area contributed by atoms with Gasteiger partial charge in [-0.25, -0.2) is 4.79 Å². The van der Waals surface area contributed by atoms with Gasteiger partial charge >= 0.3 is 5.97 Å². The molecule has 0 amide bonds. The van der Waals surface area contributed by atoms with Gasteiger partial charge in [0.15, 0.2) is 12.4 Å². The highest BCUT2D eigenvalue weighted by Gasteiger charge is 2.51. The first-order valence-electron chi connectivity index (χ1n) is 13.3. The van der Waals surface area contributed by atoms with Gasteiger partial charge in [0.05, 0.1) is 25.9 Å². The summed E-state index contributed by atoms with van der Waals surface area (Å²) >= 11 is 0. The molecule has 6 atom stereocenters. The quantitative estimate of drug-likeness (QED) is 0.136. The zero-order chi connectivity index (χ0) is 27.9. The minimum atomic E-state index is -2.92. The second-order valence-corrected chi connectivity index (χ2v) is 15.3. The van der Waals surface area contributed by atoms with E-state index in [1.807, 2.05) is 50.2 Å². The van der Waals surface area contributed by atoms with E-state index >= 15 is 0 Å². The van der Waals surface area contributed by atoms with E-state index in [1.54, 1.807) is 0 Å². The molecule has 0 saturated carbocycles. The normalized spacial score (nSPS) is 24.8. The number of carbonyl (C=O) groups excluding carboxylic acids is 1. The molecule has 0 radical (unpaired) electrons. The number of methoxy groups -OCH3 is 1. The Bertz CT molecular complexity index is 1050. The molecule has 1 fully saturated rings. The van der Waals surface area contributed by atoms with Crippen LogP contribution in [0, 0.1) is 11.8 Å². The lowest BCUT2D eigenvalue weighted by Gasteiger charge is -2.45. The van der Waals surface area contributed by atoms with Gasteiger partial charge in [0.25, 0.3) is 8.32 Å².